The van der Waals surface area contributed by atoms with Crippen LogP contribution in [0.4, 0.5) is 4.39 Å². The van der Waals surface area contributed by atoms with E-state index in [9.17, 15) is 4.39 Å². The van der Waals surface area contributed by atoms with E-state index in [2.05, 4.69) is 0 Å². The van der Waals surface area contributed by atoms with Gasteiger partial charge in [0.15, 0.2) is 0 Å². The van der Waals surface area contributed by atoms with Gasteiger partial charge in [0.05, 0.1) is 0 Å². The molecule has 94 valence electrons. The average molecular weight is 245 g/mol. The maximum absolute atomic E-state index is 13.4. The van der Waals surface area contributed by atoms with Crippen molar-refractivity contribution in [3.63, 3.8) is 0 Å². The van der Waals surface area contributed by atoms with Crippen LogP contribution < -0.4 is 10.5 Å². The molecule has 0 spiro atoms. The quantitative estimate of drug-likeness (QED) is 0.888. The topological polar surface area (TPSA) is 35.2 Å². The third-order valence-electron chi connectivity index (χ3n) is 2.78. The van der Waals surface area contributed by atoms with E-state index in [1.54, 1.807) is 19.1 Å². The summed E-state index contributed by atoms with van der Waals surface area (Å²) >= 11 is 0. The molecule has 0 saturated carbocycles. The molecule has 0 fully saturated rings. The Bertz CT molecular complexity index is 552. The Morgan fingerprint density at radius 2 is 1.89 bits per heavy atom. The van der Waals surface area contributed by atoms with Crippen molar-refractivity contribution in [1.82, 2.24) is 0 Å². The van der Waals surface area contributed by atoms with Crippen molar-refractivity contribution in [2.45, 2.75) is 19.9 Å². The van der Waals surface area contributed by atoms with Crippen molar-refractivity contribution in [2.24, 2.45) is 5.73 Å². The Kier molecular flexibility index (Phi) is 3.63. The third kappa shape index (κ3) is 2.68. The summed E-state index contributed by atoms with van der Waals surface area (Å²) in [4.78, 5) is 0. The van der Waals surface area contributed by atoms with Gasteiger partial charge in [-0.1, -0.05) is 24.3 Å². The molecule has 2 N–H and O–H groups in total. The van der Waals surface area contributed by atoms with E-state index in [1.165, 1.54) is 6.07 Å². The Balaban J connectivity index is 2.31. The summed E-state index contributed by atoms with van der Waals surface area (Å²) in [6.07, 6.45) is 0. The fraction of sp³-hybridized carbons (Fsp3) is 0.200. The summed E-state index contributed by atoms with van der Waals surface area (Å²) in [6, 6.07) is 12.2. The van der Waals surface area contributed by atoms with Crippen LogP contribution in [-0.4, -0.2) is 0 Å². The van der Waals surface area contributed by atoms with Gasteiger partial charge in [0.25, 0.3) is 0 Å². The van der Waals surface area contributed by atoms with Gasteiger partial charge < -0.3 is 10.5 Å². The number of hydrogen-bond acceptors (Lipinski definition) is 2. The maximum Gasteiger partial charge on any atom is 0.132 e. The van der Waals surface area contributed by atoms with Gasteiger partial charge in [0.2, 0.25) is 0 Å². The summed E-state index contributed by atoms with van der Waals surface area (Å²) in [5, 5.41) is 0. The highest BCUT2D eigenvalue weighted by Crippen LogP contribution is 2.29. The van der Waals surface area contributed by atoms with E-state index in [0.717, 1.165) is 5.56 Å². The first-order valence-electron chi connectivity index (χ1n) is 5.86. The van der Waals surface area contributed by atoms with Gasteiger partial charge in [-0.3, -0.25) is 0 Å². The highest BCUT2D eigenvalue weighted by Gasteiger charge is 2.08. The van der Waals surface area contributed by atoms with E-state index >= 15 is 0 Å². The van der Waals surface area contributed by atoms with Gasteiger partial charge in [-0.2, -0.15) is 0 Å². The molecule has 3 heteroatoms. The average Bonchev–Trinajstić information content (AvgIpc) is 2.34. The van der Waals surface area contributed by atoms with Gasteiger partial charge in [-0.05, 0) is 31.5 Å². The normalized spacial score (nSPS) is 12.2. The highest BCUT2D eigenvalue weighted by molar-refractivity contribution is 5.40. The monoisotopic (exact) mass is 245 g/mol. The zero-order valence-electron chi connectivity index (χ0n) is 10.5. The van der Waals surface area contributed by atoms with Crippen LogP contribution in [0.2, 0.25) is 0 Å². The lowest BCUT2D eigenvalue weighted by atomic mass is 10.1. The van der Waals surface area contributed by atoms with Crippen molar-refractivity contribution in [2.75, 3.05) is 0 Å². The minimum atomic E-state index is -0.272. The minimum Gasteiger partial charge on any atom is -0.457 e. The molecule has 1 atom stereocenters. The summed E-state index contributed by atoms with van der Waals surface area (Å²) in [7, 11) is 0. The van der Waals surface area contributed by atoms with Crippen molar-refractivity contribution < 1.29 is 9.13 Å². The number of aryl methyl sites for hydroxylation is 1. The molecule has 2 nitrogen and oxygen atoms in total. The zero-order valence-corrected chi connectivity index (χ0v) is 10.5. The number of hydrogen-bond donors (Lipinski definition) is 1. The van der Waals surface area contributed by atoms with Gasteiger partial charge in [-0.25, -0.2) is 4.39 Å². The second-order valence-corrected chi connectivity index (χ2v) is 4.34. The Morgan fingerprint density at radius 3 is 2.56 bits per heavy atom. The van der Waals surface area contributed by atoms with Crippen LogP contribution in [0.15, 0.2) is 42.5 Å². The van der Waals surface area contributed by atoms with Crippen LogP contribution >= 0.6 is 0 Å². The lowest BCUT2D eigenvalue weighted by molar-refractivity contribution is 0.466. The lowest BCUT2D eigenvalue weighted by Crippen LogP contribution is -2.06. The molecule has 0 bridgehead atoms. The molecule has 0 amide bonds. The van der Waals surface area contributed by atoms with Gasteiger partial charge in [-0.15, -0.1) is 0 Å². The second-order valence-electron chi connectivity index (χ2n) is 4.34. The molecular formula is C15H16FNO. The van der Waals surface area contributed by atoms with Gasteiger partial charge in [0, 0.05) is 17.7 Å². The first-order chi connectivity index (χ1) is 8.58. The van der Waals surface area contributed by atoms with Gasteiger partial charge in [0.1, 0.15) is 17.3 Å². The predicted octanol–water partition coefficient (Wildman–Crippen LogP) is 3.95. The summed E-state index contributed by atoms with van der Waals surface area (Å²) < 4.78 is 19.1. The number of ether oxygens (including phenoxy) is 1. The summed E-state index contributed by atoms with van der Waals surface area (Å²) in [5.74, 6) is 0.868. The highest BCUT2D eigenvalue weighted by atomic mass is 19.1. The fourth-order valence-corrected chi connectivity index (χ4v) is 1.71. The Hall–Kier alpha value is -1.87. The number of benzene rings is 2. The summed E-state index contributed by atoms with van der Waals surface area (Å²) in [5.41, 5.74) is 7.37. The molecule has 2 aromatic carbocycles. The van der Waals surface area contributed by atoms with E-state index in [1.807, 2.05) is 31.2 Å². The SMILES string of the molecule is Cc1ccc(Oc2ccccc2C(C)N)cc1F. The largest absolute Gasteiger partial charge is 0.457 e. The van der Waals surface area contributed by atoms with Crippen LogP contribution in [0.3, 0.4) is 0 Å². The first kappa shape index (κ1) is 12.6. The lowest BCUT2D eigenvalue weighted by Gasteiger charge is -2.13. The van der Waals surface area contributed by atoms with E-state index in [-0.39, 0.29) is 11.9 Å². The molecule has 1 unspecified atom stereocenters. The van der Waals surface area contributed by atoms with Crippen molar-refractivity contribution in [1.29, 1.82) is 0 Å². The molecule has 0 heterocycles. The van der Waals surface area contributed by atoms with E-state index in [4.69, 9.17) is 10.5 Å². The van der Waals surface area contributed by atoms with Crippen LogP contribution in [0.1, 0.15) is 24.1 Å². The fourth-order valence-electron chi connectivity index (χ4n) is 1.71. The van der Waals surface area contributed by atoms with Crippen molar-refractivity contribution in [3.05, 3.63) is 59.4 Å². The smallest absolute Gasteiger partial charge is 0.132 e. The van der Waals surface area contributed by atoms with Crippen LogP contribution in [0.25, 0.3) is 0 Å². The molecule has 0 aliphatic carbocycles. The summed E-state index contributed by atoms with van der Waals surface area (Å²) in [6.45, 7) is 3.60. The number of rotatable bonds is 3. The van der Waals surface area contributed by atoms with E-state index in [0.29, 0.717) is 17.1 Å². The maximum atomic E-state index is 13.4. The van der Waals surface area contributed by atoms with Crippen molar-refractivity contribution in [3.8, 4) is 11.5 Å². The molecule has 18 heavy (non-hydrogen) atoms. The molecule has 2 rings (SSSR count). The molecule has 0 aliphatic rings. The third-order valence-corrected chi connectivity index (χ3v) is 2.78. The second kappa shape index (κ2) is 5.19. The zero-order chi connectivity index (χ0) is 13.1. The molecule has 0 aromatic heterocycles. The Labute approximate surface area is 106 Å². The molecule has 0 aliphatic heterocycles. The minimum absolute atomic E-state index is 0.128. The number of nitrogens with two attached hydrogens (primary N) is 1. The molecule has 2 aromatic rings. The van der Waals surface area contributed by atoms with Crippen molar-refractivity contribution >= 4 is 0 Å². The molecule has 0 radical (unpaired) electrons. The standard InChI is InChI=1S/C15H16FNO/c1-10-7-8-12(9-14(10)16)18-15-6-4-3-5-13(15)11(2)17/h3-9,11H,17H2,1-2H3. The number of para-hydroxylation sites is 1. The Morgan fingerprint density at radius 1 is 1.17 bits per heavy atom. The predicted molar refractivity (Wildman–Crippen MR) is 70.3 cm³/mol. The van der Waals surface area contributed by atoms with E-state index < -0.39 is 0 Å². The number of halogens is 1. The first-order valence-corrected chi connectivity index (χ1v) is 5.86. The van der Waals surface area contributed by atoms with Crippen LogP contribution in [0.5, 0.6) is 11.5 Å². The van der Waals surface area contributed by atoms with Gasteiger partial charge >= 0.3 is 0 Å². The van der Waals surface area contributed by atoms with Crippen LogP contribution in [-0.2, 0) is 0 Å². The molecular weight excluding hydrogens is 229 g/mol. The molecule has 0 saturated heterocycles. The van der Waals surface area contributed by atoms with Crippen LogP contribution in [0, 0.1) is 12.7 Å².